The van der Waals surface area contributed by atoms with Crippen molar-refractivity contribution in [1.29, 1.82) is 0 Å². The average Bonchev–Trinajstić information content (AvgIpc) is 3.35. The van der Waals surface area contributed by atoms with E-state index in [-0.39, 0.29) is 0 Å². The number of halogens is 2. The molecule has 0 atom stereocenters. The van der Waals surface area contributed by atoms with Crippen LogP contribution >= 0.6 is 17.0 Å². The second-order valence-corrected chi connectivity index (χ2v) is 14.2. The molecule has 0 aliphatic heterocycles. The standard InChI is InChI=1S/2C13H21.C2H7Si.2ClH.Zr/c2*1-4-5-6-12-7-8-13(10-12)9-11(2)3;1-3-2;;;/h2*7-8,10-11H,4-6,9H2,1-3H3;3H,1-2H3;2*1H;/q2*-1;;;;+4/p-2. The summed E-state index contributed by atoms with van der Waals surface area (Å²) in [6, 6.07) is 13.9. The quantitative estimate of drug-likeness (QED) is 0.195. The second-order valence-electron chi connectivity index (χ2n) is 9.31. The van der Waals surface area contributed by atoms with Gasteiger partial charge in [-0.2, -0.15) is 46.5 Å². The summed E-state index contributed by atoms with van der Waals surface area (Å²) in [6.07, 6.45) is 10.2. The molecule has 2 aromatic carbocycles. The molecule has 0 saturated heterocycles. The Kier molecular flexibility index (Phi) is 26.5. The fraction of sp³-hybridized carbons (Fsp3) is 0.643. The summed E-state index contributed by atoms with van der Waals surface area (Å²) in [6.45, 7) is 18.0. The van der Waals surface area contributed by atoms with Crippen LogP contribution < -0.4 is 0 Å². The fourth-order valence-corrected chi connectivity index (χ4v) is 3.37. The van der Waals surface area contributed by atoms with Gasteiger partial charge in [-0.15, -0.1) is 0 Å². The van der Waals surface area contributed by atoms with Crippen LogP contribution in [0.1, 0.15) is 89.5 Å². The maximum atomic E-state index is 4.93. The van der Waals surface area contributed by atoms with Gasteiger partial charge in [0, 0.05) is 9.52 Å². The molecule has 4 heteroatoms. The van der Waals surface area contributed by atoms with E-state index in [1.54, 1.807) is 0 Å². The van der Waals surface area contributed by atoms with E-state index >= 15 is 0 Å². The number of rotatable bonds is 10. The van der Waals surface area contributed by atoms with Crippen molar-refractivity contribution in [3.05, 3.63) is 58.7 Å². The molecule has 0 spiro atoms. The molecule has 2 aromatic rings. The van der Waals surface area contributed by atoms with Gasteiger partial charge < -0.3 is 0 Å². The minimum absolute atomic E-state index is 0.750. The van der Waals surface area contributed by atoms with E-state index in [9.17, 15) is 0 Å². The molecule has 0 aliphatic carbocycles. The van der Waals surface area contributed by atoms with Crippen molar-refractivity contribution in [2.45, 2.75) is 106 Å². The third kappa shape index (κ3) is 22.2. The van der Waals surface area contributed by atoms with Gasteiger partial charge in [0.25, 0.3) is 0 Å². The van der Waals surface area contributed by atoms with Crippen molar-refractivity contribution < 1.29 is 20.8 Å². The van der Waals surface area contributed by atoms with E-state index in [1.807, 2.05) is 0 Å². The minimum atomic E-state index is -0.826. The van der Waals surface area contributed by atoms with Gasteiger partial charge in [-0.25, -0.2) is 12.1 Å². The Morgan fingerprint density at radius 3 is 1.34 bits per heavy atom. The Balaban J connectivity index is 0. The predicted octanol–water partition coefficient (Wildman–Crippen LogP) is 9.79. The molecule has 183 valence electrons. The van der Waals surface area contributed by atoms with E-state index in [0.29, 0.717) is 0 Å². The summed E-state index contributed by atoms with van der Waals surface area (Å²) in [7, 11) is 10.6. The number of aryl methyl sites for hydroxylation is 2. The van der Waals surface area contributed by atoms with Crippen molar-refractivity contribution in [2.24, 2.45) is 11.8 Å². The van der Waals surface area contributed by atoms with Crippen LogP contribution in [0, 0.1) is 11.8 Å². The molecule has 0 fully saturated rings. The molecule has 0 aromatic heterocycles. The van der Waals surface area contributed by atoms with Gasteiger partial charge in [0.2, 0.25) is 0 Å². The van der Waals surface area contributed by atoms with Crippen LogP contribution in [0.15, 0.2) is 36.4 Å². The first-order chi connectivity index (χ1) is 15.3. The normalized spacial score (nSPS) is 9.88. The van der Waals surface area contributed by atoms with Crippen LogP contribution in [0.3, 0.4) is 0 Å². The molecule has 32 heavy (non-hydrogen) atoms. The summed E-state index contributed by atoms with van der Waals surface area (Å²) in [4.78, 5) is 0. The second kappa shape index (κ2) is 24.5. The first-order valence-corrected chi connectivity index (χ1v) is 21.1. The zero-order valence-corrected chi connectivity index (χ0v) is 27.2. The Labute approximate surface area is 222 Å². The summed E-state index contributed by atoms with van der Waals surface area (Å²) in [5, 5.41) is 0. The third-order valence-electron chi connectivity index (χ3n) is 4.69. The topological polar surface area (TPSA) is 0 Å². The Morgan fingerprint density at radius 1 is 0.781 bits per heavy atom. The molecular weight excluding hydrogens is 527 g/mol. The van der Waals surface area contributed by atoms with Crippen molar-refractivity contribution in [3.8, 4) is 0 Å². The van der Waals surface area contributed by atoms with Gasteiger partial charge in [0.05, 0.1) is 0 Å². The summed E-state index contributed by atoms with van der Waals surface area (Å²) >= 11 is -0.826. The van der Waals surface area contributed by atoms with Crippen LogP contribution in [0.4, 0.5) is 0 Å². The van der Waals surface area contributed by atoms with Crippen molar-refractivity contribution >= 4 is 26.5 Å². The summed E-state index contributed by atoms with van der Waals surface area (Å²) < 4.78 is 0. The molecule has 0 aliphatic rings. The zero-order valence-electron chi connectivity index (χ0n) is 22.1. The molecule has 0 amide bonds. The molecule has 0 nitrogen and oxygen atoms in total. The molecule has 0 bridgehead atoms. The monoisotopic (exact) mass is 573 g/mol. The number of hydrogen-bond donors (Lipinski definition) is 0. The van der Waals surface area contributed by atoms with Crippen LogP contribution in [-0.2, 0) is 46.5 Å². The predicted molar refractivity (Wildman–Crippen MR) is 149 cm³/mol. The van der Waals surface area contributed by atoms with Crippen molar-refractivity contribution in [1.82, 2.24) is 0 Å². The Hall–Kier alpha value is 0.380. The van der Waals surface area contributed by atoms with E-state index in [2.05, 4.69) is 91.0 Å². The fourth-order valence-electron chi connectivity index (χ4n) is 3.37. The van der Waals surface area contributed by atoms with Crippen LogP contribution in [-0.4, -0.2) is 9.52 Å². The molecule has 1 radical (unpaired) electrons. The van der Waals surface area contributed by atoms with Gasteiger partial charge in [0.15, 0.2) is 0 Å². The van der Waals surface area contributed by atoms with Gasteiger partial charge in [0.1, 0.15) is 0 Å². The van der Waals surface area contributed by atoms with E-state index in [1.165, 1.54) is 73.6 Å². The number of unbranched alkanes of at least 4 members (excludes halogenated alkanes) is 2. The van der Waals surface area contributed by atoms with Gasteiger partial charge >= 0.3 is 37.9 Å². The van der Waals surface area contributed by atoms with Gasteiger partial charge in [-0.1, -0.05) is 118 Å². The summed E-state index contributed by atoms with van der Waals surface area (Å²) in [5.41, 5.74) is 6.08. The Bertz CT molecular complexity index is 562. The van der Waals surface area contributed by atoms with Crippen LogP contribution in [0.25, 0.3) is 0 Å². The van der Waals surface area contributed by atoms with Gasteiger partial charge in [-0.3, -0.25) is 0 Å². The zero-order chi connectivity index (χ0) is 24.8. The summed E-state index contributed by atoms with van der Waals surface area (Å²) in [5.74, 6) is 1.56. The Morgan fingerprint density at radius 2 is 1.09 bits per heavy atom. The van der Waals surface area contributed by atoms with E-state index in [4.69, 9.17) is 17.0 Å². The molecule has 0 heterocycles. The molecule has 0 saturated carbocycles. The van der Waals surface area contributed by atoms with Crippen molar-refractivity contribution in [2.75, 3.05) is 0 Å². The first kappa shape index (κ1) is 34.5. The van der Waals surface area contributed by atoms with E-state index in [0.717, 1.165) is 21.4 Å². The molecule has 2 rings (SSSR count). The number of hydrogen-bond acceptors (Lipinski definition) is 0. The maximum absolute atomic E-state index is 4.93. The molecular formula is C28H49Cl2SiZr. The SMILES string of the molecule is CCCCc1cc(CC(C)C)c[cH-]1.CCCCc1cc(CC(C)C)c[cH-]1.C[SiH]C.[Cl][Zr+2][Cl]. The van der Waals surface area contributed by atoms with E-state index < -0.39 is 20.8 Å². The molecule has 0 N–H and O–H groups in total. The van der Waals surface area contributed by atoms with Gasteiger partial charge in [-0.05, 0) is 0 Å². The van der Waals surface area contributed by atoms with Crippen LogP contribution in [0.2, 0.25) is 13.1 Å². The first-order valence-electron chi connectivity index (χ1n) is 12.5. The van der Waals surface area contributed by atoms with Crippen LogP contribution in [0.5, 0.6) is 0 Å². The van der Waals surface area contributed by atoms with Crippen molar-refractivity contribution in [3.63, 3.8) is 0 Å². The third-order valence-corrected chi connectivity index (χ3v) is 4.69. The average molecular weight is 576 g/mol. The molecule has 0 unspecified atom stereocenters.